The maximum absolute atomic E-state index is 12.2. The van der Waals surface area contributed by atoms with Gasteiger partial charge in [-0.3, -0.25) is 4.79 Å². The van der Waals surface area contributed by atoms with Gasteiger partial charge in [-0.1, -0.05) is 31.0 Å². The third-order valence-electron chi connectivity index (χ3n) is 4.25. The minimum absolute atomic E-state index is 0.00420. The molecule has 2 heterocycles. The average molecular weight is 285 g/mol. The van der Waals surface area contributed by atoms with E-state index >= 15 is 0 Å². The van der Waals surface area contributed by atoms with Gasteiger partial charge in [0.1, 0.15) is 0 Å². The van der Waals surface area contributed by atoms with Crippen LogP contribution in [-0.2, 0) is 11.2 Å². The standard InChI is InChI=1S/C17H23N3O/c21-17(16-8-2-1-5-10-18-16)19-11-9-13-12-20-15-7-4-3-6-14(13)15/h3-4,6-7,12,16,18,20H,1-2,5,8-11H2,(H,19,21). The van der Waals surface area contributed by atoms with E-state index in [2.05, 4.69) is 27.8 Å². The number of fused-ring (bicyclic) bond motifs is 1. The molecule has 0 radical (unpaired) electrons. The summed E-state index contributed by atoms with van der Waals surface area (Å²) in [6.07, 6.45) is 7.42. The molecule has 1 saturated heterocycles. The molecule has 1 unspecified atom stereocenters. The molecule has 1 aliphatic heterocycles. The Balaban J connectivity index is 1.52. The highest BCUT2D eigenvalue weighted by Gasteiger charge is 2.18. The Labute approximate surface area is 125 Å². The fourth-order valence-corrected chi connectivity index (χ4v) is 3.03. The number of hydrogen-bond donors (Lipinski definition) is 3. The monoisotopic (exact) mass is 285 g/mol. The topological polar surface area (TPSA) is 56.9 Å². The molecule has 0 bridgehead atoms. The van der Waals surface area contributed by atoms with Gasteiger partial charge in [-0.05, 0) is 37.4 Å². The van der Waals surface area contributed by atoms with Gasteiger partial charge in [0.25, 0.3) is 0 Å². The zero-order valence-electron chi connectivity index (χ0n) is 12.3. The van der Waals surface area contributed by atoms with Gasteiger partial charge >= 0.3 is 0 Å². The van der Waals surface area contributed by atoms with E-state index in [1.807, 2.05) is 18.3 Å². The van der Waals surface area contributed by atoms with Gasteiger partial charge < -0.3 is 15.6 Å². The summed E-state index contributed by atoms with van der Waals surface area (Å²) >= 11 is 0. The first-order valence-electron chi connectivity index (χ1n) is 7.91. The van der Waals surface area contributed by atoms with E-state index in [0.717, 1.165) is 31.3 Å². The number of carbonyl (C=O) groups excluding carboxylic acids is 1. The van der Waals surface area contributed by atoms with Crippen molar-refractivity contribution in [1.82, 2.24) is 15.6 Å². The number of aromatic amines is 1. The maximum Gasteiger partial charge on any atom is 0.237 e. The molecule has 2 aromatic rings. The fraction of sp³-hybridized carbons (Fsp3) is 0.471. The largest absolute Gasteiger partial charge is 0.361 e. The Morgan fingerprint density at radius 1 is 1.24 bits per heavy atom. The lowest BCUT2D eigenvalue weighted by Gasteiger charge is -2.15. The molecular weight excluding hydrogens is 262 g/mol. The van der Waals surface area contributed by atoms with E-state index in [-0.39, 0.29) is 11.9 Å². The molecule has 21 heavy (non-hydrogen) atoms. The van der Waals surface area contributed by atoms with Crippen LogP contribution in [0.5, 0.6) is 0 Å². The third-order valence-corrected chi connectivity index (χ3v) is 4.25. The molecule has 1 aromatic heterocycles. The molecule has 4 nitrogen and oxygen atoms in total. The van der Waals surface area contributed by atoms with Crippen LogP contribution in [0.2, 0.25) is 0 Å². The number of benzene rings is 1. The molecule has 3 rings (SSSR count). The first-order valence-corrected chi connectivity index (χ1v) is 7.91. The summed E-state index contributed by atoms with van der Waals surface area (Å²) in [5, 5.41) is 7.65. The van der Waals surface area contributed by atoms with Crippen molar-refractivity contribution in [1.29, 1.82) is 0 Å². The van der Waals surface area contributed by atoms with Crippen molar-refractivity contribution in [2.75, 3.05) is 13.1 Å². The molecule has 0 spiro atoms. The van der Waals surface area contributed by atoms with Gasteiger partial charge in [0.05, 0.1) is 6.04 Å². The summed E-state index contributed by atoms with van der Waals surface area (Å²) in [5.74, 6) is 0.150. The molecule has 1 aromatic carbocycles. The lowest BCUT2D eigenvalue weighted by atomic mass is 10.1. The molecule has 1 fully saturated rings. The Hall–Kier alpha value is -1.81. The summed E-state index contributed by atoms with van der Waals surface area (Å²) in [5.41, 5.74) is 2.42. The van der Waals surface area contributed by atoms with E-state index in [1.54, 1.807) is 0 Å². The normalized spacial score (nSPS) is 19.3. The van der Waals surface area contributed by atoms with E-state index in [1.165, 1.54) is 23.8 Å². The van der Waals surface area contributed by atoms with Crippen molar-refractivity contribution in [2.24, 2.45) is 0 Å². The Morgan fingerprint density at radius 2 is 2.14 bits per heavy atom. The van der Waals surface area contributed by atoms with Crippen LogP contribution < -0.4 is 10.6 Å². The predicted molar refractivity (Wildman–Crippen MR) is 85.3 cm³/mol. The van der Waals surface area contributed by atoms with Crippen LogP contribution in [0.1, 0.15) is 31.2 Å². The van der Waals surface area contributed by atoms with Crippen molar-refractivity contribution in [3.8, 4) is 0 Å². The summed E-state index contributed by atoms with van der Waals surface area (Å²) in [4.78, 5) is 15.4. The minimum Gasteiger partial charge on any atom is -0.361 e. The van der Waals surface area contributed by atoms with Gasteiger partial charge in [0, 0.05) is 23.6 Å². The second-order valence-corrected chi connectivity index (χ2v) is 5.76. The van der Waals surface area contributed by atoms with Crippen molar-refractivity contribution in [3.05, 3.63) is 36.0 Å². The van der Waals surface area contributed by atoms with Crippen LogP contribution in [-0.4, -0.2) is 30.0 Å². The summed E-state index contributed by atoms with van der Waals surface area (Å²) in [7, 11) is 0. The Kier molecular flexibility index (Phi) is 4.55. The first-order chi connectivity index (χ1) is 10.3. The molecule has 3 N–H and O–H groups in total. The number of para-hydroxylation sites is 1. The molecule has 1 atom stereocenters. The average Bonchev–Trinajstić information content (AvgIpc) is 2.74. The lowest BCUT2D eigenvalue weighted by Crippen LogP contribution is -2.44. The number of aromatic nitrogens is 1. The maximum atomic E-state index is 12.2. The number of hydrogen-bond acceptors (Lipinski definition) is 2. The molecule has 0 saturated carbocycles. The number of H-pyrrole nitrogens is 1. The summed E-state index contributed by atoms with van der Waals surface area (Å²) in [6, 6.07) is 8.27. The van der Waals surface area contributed by atoms with Crippen molar-refractivity contribution in [2.45, 2.75) is 38.1 Å². The van der Waals surface area contributed by atoms with Gasteiger partial charge in [-0.15, -0.1) is 0 Å². The highest BCUT2D eigenvalue weighted by molar-refractivity contribution is 5.83. The van der Waals surface area contributed by atoms with Crippen molar-refractivity contribution >= 4 is 16.8 Å². The van der Waals surface area contributed by atoms with Gasteiger partial charge in [0.2, 0.25) is 5.91 Å². The van der Waals surface area contributed by atoms with Crippen LogP contribution >= 0.6 is 0 Å². The molecular formula is C17H23N3O. The second-order valence-electron chi connectivity index (χ2n) is 5.76. The van der Waals surface area contributed by atoms with E-state index in [0.29, 0.717) is 6.54 Å². The molecule has 112 valence electrons. The SMILES string of the molecule is O=C(NCCc1c[nH]c2ccccc12)C1CCCCCN1. The van der Waals surface area contributed by atoms with Gasteiger partial charge in [-0.25, -0.2) is 0 Å². The van der Waals surface area contributed by atoms with Crippen molar-refractivity contribution < 1.29 is 4.79 Å². The van der Waals surface area contributed by atoms with Crippen LogP contribution in [0.15, 0.2) is 30.5 Å². The summed E-state index contributed by atoms with van der Waals surface area (Å²) < 4.78 is 0. The quantitative estimate of drug-likeness (QED) is 0.807. The van der Waals surface area contributed by atoms with Crippen LogP contribution in [0.25, 0.3) is 10.9 Å². The van der Waals surface area contributed by atoms with Gasteiger partial charge in [-0.2, -0.15) is 0 Å². The van der Waals surface area contributed by atoms with Crippen LogP contribution in [0, 0.1) is 0 Å². The molecule has 0 aliphatic carbocycles. The number of nitrogens with one attached hydrogen (secondary N) is 3. The van der Waals surface area contributed by atoms with Gasteiger partial charge in [0.15, 0.2) is 0 Å². The van der Waals surface area contributed by atoms with Crippen LogP contribution in [0.3, 0.4) is 0 Å². The number of carbonyl (C=O) groups is 1. The zero-order chi connectivity index (χ0) is 14.5. The van der Waals surface area contributed by atoms with E-state index in [4.69, 9.17) is 0 Å². The third kappa shape index (κ3) is 3.45. The van der Waals surface area contributed by atoms with Crippen LogP contribution in [0.4, 0.5) is 0 Å². The molecule has 4 heteroatoms. The van der Waals surface area contributed by atoms with E-state index in [9.17, 15) is 4.79 Å². The van der Waals surface area contributed by atoms with Crippen molar-refractivity contribution in [3.63, 3.8) is 0 Å². The molecule has 1 amide bonds. The number of rotatable bonds is 4. The fourth-order valence-electron chi connectivity index (χ4n) is 3.03. The predicted octanol–water partition coefficient (Wildman–Crippen LogP) is 2.36. The smallest absolute Gasteiger partial charge is 0.237 e. The zero-order valence-corrected chi connectivity index (χ0v) is 12.3. The minimum atomic E-state index is -0.00420. The summed E-state index contributed by atoms with van der Waals surface area (Å²) in [6.45, 7) is 1.65. The number of amides is 1. The first kappa shape index (κ1) is 14.1. The van der Waals surface area contributed by atoms with E-state index < -0.39 is 0 Å². The Morgan fingerprint density at radius 3 is 3.10 bits per heavy atom. The Bertz CT molecular complexity index is 597. The highest BCUT2D eigenvalue weighted by Crippen LogP contribution is 2.17. The molecule has 1 aliphatic rings. The highest BCUT2D eigenvalue weighted by atomic mass is 16.2. The lowest BCUT2D eigenvalue weighted by molar-refractivity contribution is -0.123. The second kappa shape index (κ2) is 6.76.